The zero-order chi connectivity index (χ0) is 16.1. The molecule has 0 aromatic heterocycles. The number of hydrogen-bond donors (Lipinski definition) is 3. The van der Waals surface area contributed by atoms with Crippen molar-refractivity contribution in [2.45, 2.75) is 36.7 Å². The van der Waals surface area contributed by atoms with Crippen LogP contribution in [0.3, 0.4) is 0 Å². The standard InChI is InChI=1S/C15H20ClFN2O2S/c1-22-11-4-3-10(7-11)19-15(21)18-8-14(20)9-2-5-12(16)13(17)6-9/h2,5-6,10-11,14,20H,3-4,7-8H2,1H3,(H2,18,19,21)/t10-,11-,14+/m0/s1. The lowest BCUT2D eigenvalue weighted by molar-refractivity contribution is 0.172. The van der Waals surface area contributed by atoms with Gasteiger partial charge in [-0.25, -0.2) is 9.18 Å². The molecular weight excluding hydrogens is 327 g/mol. The molecule has 22 heavy (non-hydrogen) atoms. The van der Waals surface area contributed by atoms with Crippen molar-refractivity contribution in [3.8, 4) is 0 Å². The van der Waals surface area contributed by atoms with E-state index in [1.54, 1.807) is 0 Å². The smallest absolute Gasteiger partial charge is 0.315 e. The molecule has 1 fully saturated rings. The van der Waals surface area contributed by atoms with Crippen LogP contribution in [0.25, 0.3) is 0 Å². The third-order valence-corrected chi connectivity index (χ3v) is 5.24. The highest BCUT2D eigenvalue weighted by molar-refractivity contribution is 7.99. The van der Waals surface area contributed by atoms with E-state index in [0.717, 1.165) is 19.3 Å². The van der Waals surface area contributed by atoms with Crippen LogP contribution in [-0.4, -0.2) is 35.2 Å². The summed E-state index contributed by atoms with van der Waals surface area (Å²) in [5.74, 6) is -0.586. The van der Waals surface area contributed by atoms with Crippen LogP contribution < -0.4 is 10.6 Å². The van der Waals surface area contributed by atoms with E-state index in [4.69, 9.17) is 11.6 Å². The number of nitrogens with one attached hydrogen (secondary N) is 2. The highest BCUT2D eigenvalue weighted by Crippen LogP contribution is 2.28. The minimum absolute atomic E-state index is 0.00577. The van der Waals surface area contributed by atoms with Gasteiger partial charge in [0, 0.05) is 17.8 Å². The van der Waals surface area contributed by atoms with Crippen molar-refractivity contribution in [3.63, 3.8) is 0 Å². The quantitative estimate of drug-likeness (QED) is 0.767. The summed E-state index contributed by atoms with van der Waals surface area (Å²) in [4.78, 5) is 11.8. The Hall–Kier alpha value is -0.980. The molecule has 0 heterocycles. The summed E-state index contributed by atoms with van der Waals surface area (Å²) in [5.41, 5.74) is 0.380. The first-order valence-electron chi connectivity index (χ1n) is 7.19. The summed E-state index contributed by atoms with van der Waals surface area (Å²) >= 11 is 7.42. The Morgan fingerprint density at radius 2 is 2.32 bits per heavy atom. The van der Waals surface area contributed by atoms with Gasteiger partial charge in [0.05, 0.1) is 11.1 Å². The average Bonchev–Trinajstić information content (AvgIpc) is 2.95. The Balaban J connectivity index is 1.77. The Bertz CT molecular complexity index is 532. The second kappa shape index (κ2) is 8.04. The Morgan fingerprint density at radius 1 is 1.55 bits per heavy atom. The van der Waals surface area contributed by atoms with Crippen LogP contribution in [0, 0.1) is 5.82 Å². The van der Waals surface area contributed by atoms with Crippen molar-refractivity contribution in [3.05, 3.63) is 34.6 Å². The molecule has 0 unspecified atom stereocenters. The minimum Gasteiger partial charge on any atom is -0.387 e. The number of thioether (sulfide) groups is 1. The van der Waals surface area contributed by atoms with Crippen molar-refractivity contribution < 1.29 is 14.3 Å². The Kier molecular flexibility index (Phi) is 6.35. The monoisotopic (exact) mass is 346 g/mol. The molecule has 4 nitrogen and oxygen atoms in total. The SMILES string of the molecule is CS[C@H]1CC[C@H](NC(=O)NC[C@@H](O)c2ccc(Cl)c(F)c2)C1. The van der Waals surface area contributed by atoms with Crippen molar-refractivity contribution in [2.24, 2.45) is 0 Å². The summed E-state index contributed by atoms with van der Waals surface area (Å²) in [6, 6.07) is 3.97. The van der Waals surface area contributed by atoms with E-state index >= 15 is 0 Å². The first-order chi connectivity index (χ1) is 10.5. The van der Waals surface area contributed by atoms with Gasteiger partial charge in [0.2, 0.25) is 0 Å². The van der Waals surface area contributed by atoms with Gasteiger partial charge in [-0.2, -0.15) is 11.8 Å². The van der Waals surface area contributed by atoms with E-state index in [1.807, 2.05) is 11.8 Å². The number of carbonyl (C=O) groups is 1. The first kappa shape index (κ1) is 17.4. The van der Waals surface area contributed by atoms with Crippen molar-refractivity contribution in [1.29, 1.82) is 0 Å². The second-order valence-electron chi connectivity index (χ2n) is 5.41. The van der Waals surface area contributed by atoms with Crippen LogP contribution in [0.15, 0.2) is 18.2 Å². The van der Waals surface area contributed by atoms with Gasteiger partial charge in [-0.05, 0) is 43.2 Å². The largest absolute Gasteiger partial charge is 0.387 e. The maximum absolute atomic E-state index is 13.3. The van der Waals surface area contributed by atoms with Crippen LogP contribution in [0.4, 0.5) is 9.18 Å². The summed E-state index contributed by atoms with van der Waals surface area (Å²) in [6.07, 6.45) is 4.16. The van der Waals surface area contributed by atoms with Gasteiger partial charge < -0.3 is 15.7 Å². The Morgan fingerprint density at radius 3 is 2.95 bits per heavy atom. The summed E-state index contributed by atoms with van der Waals surface area (Å²) in [6.45, 7) is 0.0194. The molecule has 0 spiro atoms. The van der Waals surface area contributed by atoms with Crippen molar-refractivity contribution in [2.75, 3.05) is 12.8 Å². The van der Waals surface area contributed by atoms with Crippen molar-refractivity contribution in [1.82, 2.24) is 10.6 Å². The zero-order valence-electron chi connectivity index (χ0n) is 12.3. The van der Waals surface area contributed by atoms with E-state index in [1.165, 1.54) is 18.2 Å². The van der Waals surface area contributed by atoms with E-state index in [9.17, 15) is 14.3 Å². The van der Waals surface area contributed by atoms with E-state index in [0.29, 0.717) is 10.8 Å². The summed E-state index contributed by atoms with van der Waals surface area (Å²) < 4.78 is 13.3. The molecule has 1 aliphatic rings. The second-order valence-corrected chi connectivity index (χ2v) is 6.96. The third-order valence-electron chi connectivity index (χ3n) is 3.84. The predicted octanol–water partition coefficient (Wildman–Crippen LogP) is 3.10. The fourth-order valence-electron chi connectivity index (χ4n) is 2.55. The van der Waals surface area contributed by atoms with Gasteiger partial charge in [-0.3, -0.25) is 0 Å². The number of halogens is 2. The number of amides is 2. The van der Waals surface area contributed by atoms with Crippen LogP contribution in [-0.2, 0) is 0 Å². The zero-order valence-corrected chi connectivity index (χ0v) is 13.9. The molecular formula is C15H20ClFN2O2S. The number of benzene rings is 1. The molecule has 1 aliphatic carbocycles. The van der Waals surface area contributed by atoms with Gasteiger partial charge in [0.15, 0.2) is 0 Å². The molecule has 2 rings (SSSR count). The molecule has 3 N–H and O–H groups in total. The summed E-state index contributed by atoms with van der Waals surface area (Å²) in [7, 11) is 0. The fourth-order valence-corrected chi connectivity index (χ4v) is 3.46. The van der Waals surface area contributed by atoms with Gasteiger partial charge in [-0.1, -0.05) is 17.7 Å². The molecule has 7 heteroatoms. The van der Waals surface area contributed by atoms with Crippen LogP contribution >= 0.6 is 23.4 Å². The van der Waals surface area contributed by atoms with Crippen molar-refractivity contribution >= 4 is 29.4 Å². The molecule has 3 atom stereocenters. The maximum Gasteiger partial charge on any atom is 0.315 e. The average molecular weight is 347 g/mol. The van der Waals surface area contributed by atoms with Crippen LogP contribution in [0.2, 0.25) is 5.02 Å². The Labute approximate surface area is 138 Å². The molecule has 2 amide bonds. The molecule has 1 saturated carbocycles. The molecule has 122 valence electrons. The number of aliphatic hydroxyl groups excluding tert-OH is 1. The van der Waals surface area contributed by atoms with E-state index < -0.39 is 11.9 Å². The number of aliphatic hydroxyl groups is 1. The van der Waals surface area contributed by atoms with Gasteiger partial charge >= 0.3 is 6.03 Å². The molecule has 1 aromatic rings. The highest BCUT2D eigenvalue weighted by Gasteiger charge is 2.25. The van der Waals surface area contributed by atoms with Gasteiger partial charge in [0.25, 0.3) is 0 Å². The first-order valence-corrected chi connectivity index (χ1v) is 8.86. The maximum atomic E-state index is 13.3. The molecule has 0 bridgehead atoms. The number of urea groups is 1. The lowest BCUT2D eigenvalue weighted by Crippen LogP contribution is -2.42. The molecule has 1 aromatic carbocycles. The number of carbonyl (C=O) groups excluding carboxylic acids is 1. The van der Waals surface area contributed by atoms with E-state index in [-0.39, 0.29) is 23.6 Å². The lowest BCUT2D eigenvalue weighted by atomic mass is 10.1. The van der Waals surface area contributed by atoms with Crippen LogP contribution in [0.1, 0.15) is 30.9 Å². The number of hydrogen-bond acceptors (Lipinski definition) is 3. The van der Waals surface area contributed by atoms with Gasteiger partial charge in [0.1, 0.15) is 5.82 Å². The van der Waals surface area contributed by atoms with E-state index in [2.05, 4.69) is 16.9 Å². The molecule has 0 radical (unpaired) electrons. The molecule has 0 aliphatic heterocycles. The highest BCUT2D eigenvalue weighted by atomic mass is 35.5. The topological polar surface area (TPSA) is 61.4 Å². The summed E-state index contributed by atoms with van der Waals surface area (Å²) in [5, 5.41) is 16.1. The molecule has 0 saturated heterocycles. The predicted molar refractivity (Wildman–Crippen MR) is 87.8 cm³/mol. The lowest BCUT2D eigenvalue weighted by Gasteiger charge is -2.16. The normalized spacial score (nSPS) is 22.4. The van der Waals surface area contributed by atoms with Crippen LogP contribution in [0.5, 0.6) is 0 Å². The number of rotatable bonds is 5. The minimum atomic E-state index is -0.972. The third kappa shape index (κ3) is 4.76. The fraction of sp³-hybridized carbons (Fsp3) is 0.533. The van der Waals surface area contributed by atoms with Gasteiger partial charge in [-0.15, -0.1) is 0 Å².